The normalized spacial score (nSPS) is 8.00. The number of carbonyl (C=O) groups is 2. The summed E-state index contributed by atoms with van der Waals surface area (Å²) in [7, 11) is 0. The number of rotatable bonds is 2. The molecule has 0 saturated carbocycles. The summed E-state index contributed by atoms with van der Waals surface area (Å²) >= 11 is 0. The summed E-state index contributed by atoms with van der Waals surface area (Å²) < 4.78 is 0. The number of hydrogen-bond acceptors (Lipinski definition) is 6. The number of pyridine rings is 2. The van der Waals surface area contributed by atoms with Gasteiger partial charge in [-0.1, -0.05) is 12.1 Å². The van der Waals surface area contributed by atoms with Crippen LogP contribution in [0.5, 0.6) is 0 Å². The first kappa shape index (κ1) is 20.3. The Morgan fingerprint density at radius 2 is 1.15 bits per heavy atom. The minimum atomic E-state index is -1.24. The van der Waals surface area contributed by atoms with Crippen LogP contribution in [0.4, 0.5) is 0 Å². The van der Waals surface area contributed by atoms with E-state index in [0.717, 1.165) is 0 Å². The molecule has 0 unspecified atom stereocenters. The van der Waals surface area contributed by atoms with Crippen LogP contribution in [0.1, 0.15) is 21.0 Å². The predicted molar refractivity (Wildman–Crippen MR) is 66.5 cm³/mol. The maximum absolute atomic E-state index is 10.0. The number of carboxylic acids is 2. The number of aromatic carboxylic acids is 2. The first-order chi connectivity index (χ1) is 8.61. The summed E-state index contributed by atoms with van der Waals surface area (Å²) in [5.74, 6) is -2.48. The van der Waals surface area contributed by atoms with Crippen molar-refractivity contribution >= 4 is 35.0 Å². The SMILES string of the molecule is O.O=C([O-])c1ccccn1.O=C([O-])c1ccccn1.[Mg+2]. The smallest absolute Gasteiger partial charge is 0.543 e. The van der Waals surface area contributed by atoms with Gasteiger partial charge in [-0.2, -0.15) is 0 Å². The van der Waals surface area contributed by atoms with E-state index in [9.17, 15) is 19.8 Å². The van der Waals surface area contributed by atoms with Crippen molar-refractivity contribution in [2.75, 3.05) is 0 Å². The molecular formula is C12H10MgN2O5. The van der Waals surface area contributed by atoms with Crippen molar-refractivity contribution in [3.63, 3.8) is 0 Å². The van der Waals surface area contributed by atoms with Crippen molar-refractivity contribution in [2.45, 2.75) is 0 Å². The van der Waals surface area contributed by atoms with Crippen LogP contribution in [0, 0.1) is 0 Å². The number of carbonyl (C=O) groups excluding carboxylic acids is 2. The molecule has 0 fully saturated rings. The van der Waals surface area contributed by atoms with Crippen molar-refractivity contribution in [3.05, 3.63) is 60.2 Å². The van der Waals surface area contributed by atoms with Gasteiger partial charge in [0.2, 0.25) is 0 Å². The molecular weight excluding hydrogens is 276 g/mol. The van der Waals surface area contributed by atoms with Gasteiger partial charge in [0, 0.05) is 12.4 Å². The van der Waals surface area contributed by atoms with E-state index in [-0.39, 0.29) is 39.9 Å². The fourth-order valence-corrected chi connectivity index (χ4v) is 0.967. The van der Waals surface area contributed by atoms with Crippen LogP contribution in [-0.4, -0.2) is 50.4 Å². The van der Waals surface area contributed by atoms with Gasteiger partial charge in [-0.05, 0) is 24.3 Å². The summed E-state index contributed by atoms with van der Waals surface area (Å²) in [5.41, 5.74) is -0.0602. The van der Waals surface area contributed by atoms with Gasteiger partial charge in [0.05, 0.1) is 23.3 Å². The molecule has 0 bridgehead atoms. The third-order valence-electron chi connectivity index (χ3n) is 1.75. The zero-order valence-electron chi connectivity index (χ0n) is 10.4. The maximum Gasteiger partial charge on any atom is 2.00 e. The topological polar surface area (TPSA) is 138 Å². The molecule has 2 aromatic heterocycles. The third-order valence-corrected chi connectivity index (χ3v) is 1.75. The zero-order chi connectivity index (χ0) is 13.4. The Balaban J connectivity index is 0. The van der Waals surface area contributed by atoms with E-state index < -0.39 is 11.9 Å². The summed E-state index contributed by atoms with van der Waals surface area (Å²) in [6.45, 7) is 0. The molecule has 2 N–H and O–H groups in total. The molecule has 0 aliphatic heterocycles. The first-order valence-electron chi connectivity index (χ1n) is 4.86. The van der Waals surface area contributed by atoms with Crippen molar-refractivity contribution in [1.29, 1.82) is 0 Å². The van der Waals surface area contributed by atoms with Crippen LogP contribution < -0.4 is 10.2 Å². The van der Waals surface area contributed by atoms with Gasteiger partial charge in [0.15, 0.2) is 0 Å². The van der Waals surface area contributed by atoms with Gasteiger partial charge in [0.1, 0.15) is 0 Å². The maximum atomic E-state index is 10.0. The van der Waals surface area contributed by atoms with Gasteiger partial charge in [-0.3, -0.25) is 9.97 Å². The molecule has 0 radical (unpaired) electrons. The minimum Gasteiger partial charge on any atom is -0.543 e. The second-order valence-electron chi connectivity index (χ2n) is 3.00. The minimum absolute atomic E-state index is 0. The Hall–Kier alpha value is -2.03. The molecule has 0 saturated heterocycles. The van der Waals surface area contributed by atoms with Crippen LogP contribution in [0.3, 0.4) is 0 Å². The van der Waals surface area contributed by atoms with Gasteiger partial charge in [-0.25, -0.2) is 0 Å². The Bertz CT molecular complexity index is 472. The van der Waals surface area contributed by atoms with E-state index in [1.165, 1.54) is 24.5 Å². The fraction of sp³-hybridized carbons (Fsp3) is 0. The second-order valence-corrected chi connectivity index (χ2v) is 3.00. The molecule has 0 amide bonds. The number of carboxylic acid groups (broad SMARTS) is 2. The van der Waals surface area contributed by atoms with E-state index in [1.807, 2.05) is 0 Å². The summed E-state index contributed by atoms with van der Waals surface area (Å²) in [6, 6.07) is 9.25. The molecule has 20 heavy (non-hydrogen) atoms. The molecule has 0 aromatic carbocycles. The van der Waals surface area contributed by atoms with Gasteiger partial charge < -0.3 is 25.3 Å². The zero-order valence-corrected chi connectivity index (χ0v) is 11.8. The van der Waals surface area contributed by atoms with Crippen molar-refractivity contribution in [2.24, 2.45) is 0 Å². The molecule has 2 aromatic rings. The second kappa shape index (κ2) is 10.8. The van der Waals surface area contributed by atoms with E-state index in [0.29, 0.717) is 0 Å². The Kier molecular flexibility index (Phi) is 11.0. The van der Waals surface area contributed by atoms with Gasteiger partial charge in [-0.15, -0.1) is 0 Å². The molecule has 2 rings (SSSR count). The Morgan fingerprint density at radius 1 is 0.800 bits per heavy atom. The van der Waals surface area contributed by atoms with E-state index in [4.69, 9.17) is 0 Å². The molecule has 8 heteroatoms. The van der Waals surface area contributed by atoms with Crippen molar-refractivity contribution in [1.82, 2.24) is 9.97 Å². The van der Waals surface area contributed by atoms with E-state index in [2.05, 4.69) is 9.97 Å². The van der Waals surface area contributed by atoms with Crippen LogP contribution in [0.2, 0.25) is 0 Å². The quantitative estimate of drug-likeness (QED) is 0.568. The monoisotopic (exact) mass is 286 g/mol. The molecule has 0 aliphatic rings. The largest absolute Gasteiger partial charge is 2.00 e. The summed E-state index contributed by atoms with van der Waals surface area (Å²) in [4.78, 5) is 27.1. The molecule has 0 atom stereocenters. The van der Waals surface area contributed by atoms with E-state index in [1.54, 1.807) is 24.3 Å². The standard InChI is InChI=1S/2C6H5NO2.Mg.H2O/c2*8-6(9)5-3-1-2-4-7-5;;/h2*1-4H,(H,8,9);;1H2/q;;+2;/p-2. The van der Waals surface area contributed by atoms with Crippen molar-refractivity contribution < 1.29 is 25.3 Å². The fourth-order valence-electron chi connectivity index (χ4n) is 0.967. The molecule has 100 valence electrons. The van der Waals surface area contributed by atoms with Gasteiger partial charge in [0.25, 0.3) is 0 Å². The average molecular weight is 287 g/mol. The summed E-state index contributed by atoms with van der Waals surface area (Å²) in [5, 5.41) is 20.1. The number of aromatic nitrogens is 2. The van der Waals surface area contributed by atoms with Gasteiger partial charge >= 0.3 is 23.1 Å². The molecule has 0 spiro atoms. The van der Waals surface area contributed by atoms with Crippen LogP contribution in [0.25, 0.3) is 0 Å². The van der Waals surface area contributed by atoms with Crippen molar-refractivity contribution in [3.8, 4) is 0 Å². The number of hydrogen-bond donors (Lipinski definition) is 0. The third kappa shape index (κ3) is 7.41. The first-order valence-corrected chi connectivity index (χ1v) is 4.86. The van der Waals surface area contributed by atoms with Crippen LogP contribution >= 0.6 is 0 Å². The Morgan fingerprint density at radius 3 is 1.30 bits per heavy atom. The molecule has 0 aliphatic carbocycles. The van der Waals surface area contributed by atoms with Crippen LogP contribution in [-0.2, 0) is 0 Å². The average Bonchev–Trinajstić information content (AvgIpc) is 2.41. The van der Waals surface area contributed by atoms with E-state index >= 15 is 0 Å². The number of nitrogens with zero attached hydrogens (tertiary/aromatic N) is 2. The summed E-state index contributed by atoms with van der Waals surface area (Å²) in [6.07, 6.45) is 2.82. The molecule has 2 heterocycles. The predicted octanol–water partition coefficient (Wildman–Crippen LogP) is -2.32. The van der Waals surface area contributed by atoms with Crippen LogP contribution in [0.15, 0.2) is 48.8 Å². The Labute approximate surface area is 130 Å². The molecule has 7 nitrogen and oxygen atoms in total.